The van der Waals surface area contributed by atoms with Crippen molar-refractivity contribution in [2.24, 2.45) is 5.41 Å². The number of rotatable bonds is 3. The summed E-state index contributed by atoms with van der Waals surface area (Å²) in [6.07, 6.45) is 0. The highest BCUT2D eigenvalue weighted by Crippen LogP contribution is 2.22. The molecule has 96 valence electrons. The van der Waals surface area contributed by atoms with E-state index >= 15 is 0 Å². The van der Waals surface area contributed by atoms with Crippen LogP contribution in [0.4, 0.5) is 5.69 Å². The first-order chi connectivity index (χ1) is 7.72. The zero-order chi connectivity index (χ0) is 13.2. The van der Waals surface area contributed by atoms with E-state index in [0.717, 1.165) is 5.69 Å². The van der Waals surface area contributed by atoms with Crippen LogP contribution in [-0.2, 0) is 0 Å². The molecule has 0 unspecified atom stereocenters. The van der Waals surface area contributed by atoms with Crippen molar-refractivity contribution in [3.05, 3.63) is 11.4 Å². The standard InChI is InChI=1S/C12H22N4O/c1-7(2)9-8(13)10(16-15-9)11(17)14-6-12(3,4)5/h7H,6,13H2,1-5H3,(H,14,17)(H,15,16). The number of nitrogens with zero attached hydrogens (tertiary/aromatic N) is 1. The minimum absolute atomic E-state index is 0.0433. The molecule has 5 heteroatoms. The molecule has 1 aromatic heterocycles. The molecule has 17 heavy (non-hydrogen) atoms. The van der Waals surface area contributed by atoms with E-state index in [1.54, 1.807) is 0 Å². The minimum Gasteiger partial charge on any atom is -0.395 e. The van der Waals surface area contributed by atoms with Gasteiger partial charge in [-0.15, -0.1) is 0 Å². The zero-order valence-electron chi connectivity index (χ0n) is 11.2. The van der Waals surface area contributed by atoms with Crippen LogP contribution in [0.15, 0.2) is 0 Å². The first-order valence-corrected chi connectivity index (χ1v) is 5.84. The summed E-state index contributed by atoms with van der Waals surface area (Å²) in [5.74, 6) is 0.00670. The van der Waals surface area contributed by atoms with Gasteiger partial charge in [-0.1, -0.05) is 34.6 Å². The smallest absolute Gasteiger partial charge is 0.273 e. The Hall–Kier alpha value is -1.52. The Morgan fingerprint density at radius 1 is 1.47 bits per heavy atom. The molecule has 0 aliphatic rings. The van der Waals surface area contributed by atoms with Gasteiger partial charge in [0.15, 0.2) is 5.69 Å². The Balaban J connectivity index is 2.77. The van der Waals surface area contributed by atoms with Crippen molar-refractivity contribution in [1.82, 2.24) is 15.5 Å². The Morgan fingerprint density at radius 3 is 2.47 bits per heavy atom. The van der Waals surface area contributed by atoms with Crippen LogP contribution in [0, 0.1) is 5.41 Å². The Kier molecular flexibility index (Phi) is 3.80. The van der Waals surface area contributed by atoms with Crippen LogP contribution in [0.2, 0.25) is 0 Å². The molecule has 1 rings (SSSR count). The van der Waals surface area contributed by atoms with Gasteiger partial charge in [-0.2, -0.15) is 5.10 Å². The van der Waals surface area contributed by atoms with Gasteiger partial charge in [0.25, 0.3) is 5.91 Å². The molecule has 0 aliphatic heterocycles. The van der Waals surface area contributed by atoms with Gasteiger partial charge in [-0.05, 0) is 11.3 Å². The molecule has 0 saturated carbocycles. The molecule has 0 spiro atoms. The molecule has 1 heterocycles. The highest BCUT2D eigenvalue weighted by molar-refractivity contribution is 5.97. The van der Waals surface area contributed by atoms with Gasteiger partial charge in [0.2, 0.25) is 0 Å². The fraction of sp³-hybridized carbons (Fsp3) is 0.667. The SMILES string of the molecule is CC(C)c1[nH]nc(C(=O)NCC(C)(C)C)c1N. The van der Waals surface area contributed by atoms with Gasteiger partial charge in [0, 0.05) is 6.54 Å². The van der Waals surface area contributed by atoms with E-state index in [1.165, 1.54) is 0 Å². The molecule has 0 fully saturated rings. The van der Waals surface area contributed by atoms with Gasteiger partial charge >= 0.3 is 0 Å². The van der Waals surface area contributed by atoms with Crippen molar-refractivity contribution in [2.75, 3.05) is 12.3 Å². The van der Waals surface area contributed by atoms with Crippen molar-refractivity contribution >= 4 is 11.6 Å². The number of hydrogen-bond donors (Lipinski definition) is 3. The molecule has 1 amide bonds. The number of amides is 1. The number of nitrogen functional groups attached to an aromatic ring is 1. The van der Waals surface area contributed by atoms with Gasteiger partial charge in [-0.25, -0.2) is 0 Å². The number of anilines is 1. The summed E-state index contributed by atoms with van der Waals surface area (Å²) in [4.78, 5) is 11.9. The fourth-order valence-electron chi connectivity index (χ4n) is 1.41. The molecule has 0 saturated heterocycles. The average molecular weight is 238 g/mol. The second kappa shape index (κ2) is 4.77. The van der Waals surface area contributed by atoms with Crippen molar-refractivity contribution in [2.45, 2.75) is 40.5 Å². The highest BCUT2D eigenvalue weighted by Gasteiger charge is 2.20. The third-order valence-corrected chi connectivity index (χ3v) is 2.41. The predicted molar refractivity (Wildman–Crippen MR) is 68.9 cm³/mol. The molecule has 5 nitrogen and oxygen atoms in total. The number of aromatic amines is 1. The summed E-state index contributed by atoms with van der Waals surface area (Å²) in [6, 6.07) is 0. The molecule has 0 aromatic carbocycles. The van der Waals surface area contributed by atoms with Crippen LogP contribution >= 0.6 is 0 Å². The van der Waals surface area contributed by atoms with Crippen molar-refractivity contribution in [3.63, 3.8) is 0 Å². The summed E-state index contributed by atoms with van der Waals surface area (Å²) >= 11 is 0. The first kappa shape index (κ1) is 13.5. The van der Waals surface area contributed by atoms with Crippen molar-refractivity contribution < 1.29 is 4.79 Å². The summed E-state index contributed by atoms with van der Waals surface area (Å²) in [7, 11) is 0. The van der Waals surface area contributed by atoms with E-state index in [-0.39, 0.29) is 22.9 Å². The monoisotopic (exact) mass is 238 g/mol. The Morgan fingerprint density at radius 2 is 2.06 bits per heavy atom. The lowest BCUT2D eigenvalue weighted by Crippen LogP contribution is -2.32. The lowest BCUT2D eigenvalue weighted by molar-refractivity contribution is 0.0935. The van der Waals surface area contributed by atoms with E-state index in [9.17, 15) is 4.79 Å². The minimum atomic E-state index is -0.222. The van der Waals surface area contributed by atoms with E-state index in [4.69, 9.17) is 5.73 Å². The van der Waals surface area contributed by atoms with Gasteiger partial charge in [0.05, 0.1) is 11.4 Å². The third-order valence-electron chi connectivity index (χ3n) is 2.41. The topological polar surface area (TPSA) is 83.8 Å². The van der Waals surface area contributed by atoms with E-state index in [1.807, 2.05) is 13.8 Å². The van der Waals surface area contributed by atoms with Crippen molar-refractivity contribution in [3.8, 4) is 0 Å². The average Bonchev–Trinajstić information content (AvgIpc) is 2.55. The molecular weight excluding hydrogens is 216 g/mol. The Bertz CT molecular complexity index is 401. The molecule has 0 atom stereocenters. The van der Waals surface area contributed by atoms with Crippen LogP contribution in [0.25, 0.3) is 0 Å². The van der Waals surface area contributed by atoms with Gasteiger partial charge in [-0.3, -0.25) is 9.89 Å². The van der Waals surface area contributed by atoms with E-state index in [0.29, 0.717) is 12.2 Å². The molecule has 0 radical (unpaired) electrons. The lowest BCUT2D eigenvalue weighted by atomic mass is 9.97. The molecule has 0 bridgehead atoms. The summed E-state index contributed by atoms with van der Waals surface area (Å²) in [5.41, 5.74) is 7.48. The van der Waals surface area contributed by atoms with Crippen LogP contribution in [0.3, 0.4) is 0 Å². The first-order valence-electron chi connectivity index (χ1n) is 5.84. The van der Waals surface area contributed by atoms with Gasteiger partial charge < -0.3 is 11.1 Å². The number of carbonyl (C=O) groups is 1. The summed E-state index contributed by atoms with van der Waals surface area (Å²) in [6.45, 7) is 10.8. The zero-order valence-corrected chi connectivity index (χ0v) is 11.2. The number of carbonyl (C=O) groups excluding carboxylic acids is 1. The predicted octanol–water partition coefficient (Wildman–Crippen LogP) is 1.89. The normalized spacial score (nSPS) is 11.9. The molecule has 0 aliphatic carbocycles. The second-order valence-corrected chi connectivity index (χ2v) is 5.80. The van der Waals surface area contributed by atoms with E-state index < -0.39 is 0 Å². The van der Waals surface area contributed by atoms with Crippen LogP contribution < -0.4 is 11.1 Å². The maximum absolute atomic E-state index is 11.9. The Labute approximate surface area is 102 Å². The molecule has 1 aromatic rings. The number of H-pyrrole nitrogens is 1. The van der Waals surface area contributed by atoms with Crippen LogP contribution in [-0.4, -0.2) is 22.6 Å². The summed E-state index contributed by atoms with van der Waals surface area (Å²) < 4.78 is 0. The third kappa shape index (κ3) is 3.47. The highest BCUT2D eigenvalue weighted by atomic mass is 16.1. The number of nitrogens with one attached hydrogen (secondary N) is 2. The quantitative estimate of drug-likeness (QED) is 0.752. The van der Waals surface area contributed by atoms with E-state index in [2.05, 4.69) is 36.3 Å². The fourth-order valence-corrected chi connectivity index (χ4v) is 1.41. The maximum Gasteiger partial charge on any atom is 0.273 e. The molecular formula is C12H22N4O. The number of hydrogen-bond acceptors (Lipinski definition) is 3. The van der Waals surface area contributed by atoms with Gasteiger partial charge in [0.1, 0.15) is 0 Å². The lowest BCUT2D eigenvalue weighted by Gasteiger charge is -2.18. The van der Waals surface area contributed by atoms with Crippen molar-refractivity contribution in [1.29, 1.82) is 0 Å². The molecule has 4 N–H and O–H groups in total. The maximum atomic E-state index is 11.9. The number of nitrogens with two attached hydrogens (primary N) is 1. The van der Waals surface area contributed by atoms with Crippen LogP contribution in [0.5, 0.6) is 0 Å². The van der Waals surface area contributed by atoms with Crippen LogP contribution in [0.1, 0.15) is 56.7 Å². The number of aromatic nitrogens is 2. The second-order valence-electron chi connectivity index (χ2n) is 5.80. The largest absolute Gasteiger partial charge is 0.395 e. The summed E-state index contributed by atoms with van der Waals surface area (Å²) in [5, 5.41) is 9.62.